The average molecular weight is 158 g/mol. The van der Waals surface area contributed by atoms with Gasteiger partial charge in [-0.25, -0.2) is 0 Å². The van der Waals surface area contributed by atoms with Crippen LogP contribution in [0.4, 0.5) is 0 Å². The monoisotopic (exact) mass is 158 g/mol. The van der Waals surface area contributed by atoms with Crippen LogP contribution < -0.4 is 11.1 Å². The smallest absolute Gasteiger partial charge is 0.0636 e. The topological polar surface area (TPSA) is 58.3 Å². The molecule has 3 unspecified atom stereocenters. The van der Waals surface area contributed by atoms with Crippen molar-refractivity contribution in [2.75, 3.05) is 6.54 Å². The maximum Gasteiger partial charge on any atom is 0.0636 e. The third-order valence-electron chi connectivity index (χ3n) is 2.18. The molecule has 0 saturated heterocycles. The number of hydrogen-bond acceptors (Lipinski definition) is 3. The predicted molar refractivity (Wildman–Crippen MR) is 45.3 cm³/mol. The van der Waals surface area contributed by atoms with Crippen LogP contribution in [0.3, 0.4) is 0 Å². The summed E-state index contributed by atoms with van der Waals surface area (Å²) in [7, 11) is 0. The summed E-state index contributed by atoms with van der Waals surface area (Å²) in [6.45, 7) is 2.49. The van der Waals surface area contributed by atoms with Crippen LogP contribution in [0.1, 0.15) is 26.2 Å². The first-order valence-electron chi connectivity index (χ1n) is 4.35. The second-order valence-electron chi connectivity index (χ2n) is 3.53. The summed E-state index contributed by atoms with van der Waals surface area (Å²) in [5, 5.41) is 12.3. The molecule has 0 aromatic carbocycles. The Morgan fingerprint density at radius 1 is 1.64 bits per heavy atom. The third-order valence-corrected chi connectivity index (χ3v) is 2.18. The second kappa shape index (κ2) is 4.04. The summed E-state index contributed by atoms with van der Waals surface area (Å²) in [5.74, 6) is 0. The van der Waals surface area contributed by atoms with Gasteiger partial charge in [0.1, 0.15) is 0 Å². The van der Waals surface area contributed by atoms with Crippen LogP contribution in [0.2, 0.25) is 0 Å². The van der Waals surface area contributed by atoms with Gasteiger partial charge in [0.05, 0.1) is 6.10 Å². The number of aliphatic hydroxyl groups is 1. The number of aliphatic hydroxyl groups excluding tert-OH is 1. The molecule has 0 radical (unpaired) electrons. The zero-order valence-corrected chi connectivity index (χ0v) is 7.09. The normalized spacial score (nSPS) is 34.1. The van der Waals surface area contributed by atoms with Crippen LogP contribution in [-0.4, -0.2) is 29.8 Å². The lowest BCUT2D eigenvalue weighted by molar-refractivity contribution is 0.186. The molecule has 11 heavy (non-hydrogen) atoms. The lowest BCUT2D eigenvalue weighted by Crippen LogP contribution is -2.33. The first-order chi connectivity index (χ1) is 5.18. The second-order valence-corrected chi connectivity index (χ2v) is 3.53. The highest BCUT2D eigenvalue weighted by Gasteiger charge is 2.20. The molecule has 3 atom stereocenters. The highest BCUT2D eigenvalue weighted by Crippen LogP contribution is 2.16. The summed E-state index contributed by atoms with van der Waals surface area (Å²) < 4.78 is 0. The van der Waals surface area contributed by atoms with E-state index in [1.807, 2.05) is 0 Å². The molecule has 0 aromatic rings. The lowest BCUT2D eigenvalue weighted by Gasteiger charge is -2.13. The fourth-order valence-electron chi connectivity index (χ4n) is 1.54. The molecule has 0 heterocycles. The fraction of sp³-hybridized carbons (Fsp3) is 1.00. The van der Waals surface area contributed by atoms with E-state index in [4.69, 9.17) is 10.8 Å². The van der Waals surface area contributed by atoms with Gasteiger partial charge in [-0.2, -0.15) is 0 Å². The largest absolute Gasteiger partial charge is 0.392 e. The Hall–Kier alpha value is -0.120. The maximum atomic E-state index is 8.98. The highest BCUT2D eigenvalue weighted by atomic mass is 16.3. The molecule has 1 rings (SSSR count). The molecule has 3 nitrogen and oxygen atoms in total. The van der Waals surface area contributed by atoms with Gasteiger partial charge in [0.2, 0.25) is 0 Å². The van der Waals surface area contributed by atoms with Crippen molar-refractivity contribution in [2.45, 2.75) is 44.4 Å². The molecule has 66 valence electrons. The van der Waals surface area contributed by atoms with E-state index in [0.29, 0.717) is 18.6 Å². The molecular formula is C8H18N2O. The van der Waals surface area contributed by atoms with Crippen molar-refractivity contribution in [3.8, 4) is 0 Å². The Morgan fingerprint density at radius 3 is 2.82 bits per heavy atom. The van der Waals surface area contributed by atoms with E-state index in [1.165, 1.54) is 0 Å². The van der Waals surface area contributed by atoms with E-state index < -0.39 is 0 Å². The zero-order valence-electron chi connectivity index (χ0n) is 7.09. The van der Waals surface area contributed by atoms with Crippen molar-refractivity contribution in [1.82, 2.24) is 5.32 Å². The molecule has 1 saturated carbocycles. The first-order valence-corrected chi connectivity index (χ1v) is 4.35. The highest BCUT2D eigenvalue weighted by molar-refractivity contribution is 4.82. The van der Waals surface area contributed by atoms with Crippen LogP contribution in [0, 0.1) is 0 Å². The van der Waals surface area contributed by atoms with E-state index in [2.05, 4.69) is 5.32 Å². The summed E-state index contributed by atoms with van der Waals surface area (Å²) in [5.41, 5.74) is 5.73. The van der Waals surface area contributed by atoms with Crippen LogP contribution >= 0.6 is 0 Å². The Kier molecular flexibility index (Phi) is 3.30. The molecule has 3 heteroatoms. The summed E-state index contributed by atoms with van der Waals surface area (Å²) in [6.07, 6.45) is 3.10. The molecule has 4 N–H and O–H groups in total. The number of nitrogens with two attached hydrogens (primary N) is 1. The van der Waals surface area contributed by atoms with Crippen molar-refractivity contribution < 1.29 is 5.11 Å². The maximum absolute atomic E-state index is 8.98. The molecular weight excluding hydrogens is 140 g/mol. The number of hydrogen-bond donors (Lipinski definition) is 3. The van der Waals surface area contributed by atoms with Crippen molar-refractivity contribution >= 4 is 0 Å². The Bertz CT molecular complexity index is 117. The summed E-state index contributed by atoms with van der Waals surface area (Å²) in [4.78, 5) is 0. The summed E-state index contributed by atoms with van der Waals surface area (Å²) in [6, 6.07) is 0.918. The van der Waals surface area contributed by atoms with Gasteiger partial charge < -0.3 is 16.2 Å². The number of nitrogens with one attached hydrogen (secondary N) is 1. The Morgan fingerprint density at radius 2 is 2.36 bits per heavy atom. The van der Waals surface area contributed by atoms with Gasteiger partial charge in [-0.05, 0) is 26.2 Å². The standard InChI is InChI=1S/C8H18N2O/c1-6(11)5-10-8-3-2-7(9)4-8/h6-8,10-11H,2-5,9H2,1H3. The quantitative estimate of drug-likeness (QED) is 0.535. The molecule has 1 aliphatic carbocycles. The Balaban J connectivity index is 2.08. The van der Waals surface area contributed by atoms with Crippen molar-refractivity contribution in [3.05, 3.63) is 0 Å². The summed E-state index contributed by atoms with van der Waals surface area (Å²) >= 11 is 0. The molecule has 1 fully saturated rings. The van der Waals surface area contributed by atoms with Crippen LogP contribution in [-0.2, 0) is 0 Å². The lowest BCUT2D eigenvalue weighted by atomic mass is 10.2. The van der Waals surface area contributed by atoms with Crippen molar-refractivity contribution in [2.24, 2.45) is 5.73 Å². The van der Waals surface area contributed by atoms with E-state index in [-0.39, 0.29) is 6.10 Å². The molecule has 0 bridgehead atoms. The van der Waals surface area contributed by atoms with Gasteiger partial charge >= 0.3 is 0 Å². The van der Waals surface area contributed by atoms with Crippen LogP contribution in [0.25, 0.3) is 0 Å². The van der Waals surface area contributed by atoms with Gasteiger partial charge in [-0.3, -0.25) is 0 Å². The molecule has 0 amide bonds. The van der Waals surface area contributed by atoms with Gasteiger partial charge in [0.25, 0.3) is 0 Å². The van der Waals surface area contributed by atoms with E-state index in [1.54, 1.807) is 6.92 Å². The van der Waals surface area contributed by atoms with Gasteiger partial charge in [0, 0.05) is 18.6 Å². The molecule has 0 spiro atoms. The minimum Gasteiger partial charge on any atom is -0.392 e. The van der Waals surface area contributed by atoms with Gasteiger partial charge in [-0.1, -0.05) is 0 Å². The van der Waals surface area contributed by atoms with Crippen molar-refractivity contribution in [1.29, 1.82) is 0 Å². The molecule has 0 aliphatic heterocycles. The van der Waals surface area contributed by atoms with Gasteiger partial charge in [0.15, 0.2) is 0 Å². The predicted octanol–water partition coefficient (Wildman–Crippen LogP) is -0.163. The molecule has 0 aromatic heterocycles. The van der Waals surface area contributed by atoms with Crippen LogP contribution in [0.15, 0.2) is 0 Å². The van der Waals surface area contributed by atoms with Gasteiger partial charge in [-0.15, -0.1) is 0 Å². The molecule has 1 aliphatic rings. The van der Waals surface area contributed by atoms with E-state index in [9.17, 15) is 0 Å². The first kappa shape index (κ1) is 8.97. The zero-order chi connectivity index (χ0) is 8.27. The Labute approximate surface area is 68.0 Å². The van der Waals surface area contributed by atoms with E-state index >= 15 is 0 Å². The average Bonchev–Trinajstić information content (AvgIpc) is 2.31. The minimum absolute atomic E-state index is 0.244. The fourth-order valence-corrected chi connectivity index (χ4v) is 1.54. The van der Waals surface area contributed by atoms with Crippen molar-refractivity contribution in [3.63, 3.8) is 0 Å². The van der Waals surface area contributed by atoms with Crippen LogP contribution in [0.5, 0.6) is 0 Å². The number of rotatable bonds is 3. The SMILES string of the molecule is CC(O)CNC1CCC(N)C1. The van der Waals surface area contributed by atoms with E-state index in [0.717, 1.165) is 19.3 Å². The third kappa shape index (κ3) is 3.18. The minimum atomic E-state index is -0.244.